The van der Waals surface area contributed by atoms with Gasteiger partial charge in [0, 0.05) is 12.7 Å². The average Bonchev–Trinajstić information content (AvgIpc) is 2.86. The lowest BCUT2D eigenvalue weighted by atomic mass is 10.3. The fraction of sp³-hybridized carbons (Fsp3) is 0.250. The number of fused-ring (bicyclic) bond motifs is 1. The van der Waals surface area contributed by atoms with E-state index in [1.165, 1.54) is 0 Å². The number of nitrogens with one attached hydrogen (secondary N) is 4. The predicted octanol–water partition coefficient (Wildman–Crippen LogP) is -0.389. The van der Waals surface area contributed by atoms with Crippen LogP contribution in [0.4, 0.5) is 0 Å². The van der Waals surface area contributed by atoms with Gasteiger partial charge < -0.3 is 4.98 Å². The first-order valence-corrected chi connectivity index (χ1v) is 4.47. The number of imidazole rings is 1. The van der Waals surface area contributed by atoms with E-state index in [9.17, 15) is 0 Å². The van der Waals surface area contributed by atoms with Crippen molar-refractivity contribution in [3.8, 4) is 0 Å². The fourth-order valence-corrected chi connectivity index (χ4v) is 1.54. The molecule has 0 aliphatic carbocycles. The van der Waals surface area contributed by atoms with Crippen molar-refractivity contribution >= 4 is 11.2 Å². The molecule has 0 spiro atoms. The van der Waals surface area contributed by atoms with Crippen molar-refractivity contribution in [2.45, 2.75) is 6.04 Å². The number of pyridine rings is 1. The number of rotatable bonds is 1. The van der Waals surface area contributed by atoms with E-state index in [2.05, 4.69) is 31.3 Å². The molecule has 3 rings (SSSR count). The van der Waals surface area contributed by atoms with E-state index in [0.29, 0.717) is 0 Å². The first-order valence-electron chi connectivity index (χ1n) is 4.47. The van der Waals surface area contributed by atoms with Gasteiger partial charge in [-0.3, -0.25) is 0 Å². The smallest absolute Gasteiger partial charge is 0.177 e. The van der Waals surface area contributed by atoms with Crippen molar-refractivity contribution in [3.63, 3.8) is 0 Å². The van der Waals surface area contributed by atoms with Gasteiger partial charge in [0.2, 0.25) is 0 Å². The maximum Gasteiger partial charge on any atom is 0.177 e. The molecule has 0 radical (unpaired) electrons. The molecule has 14 heavy (non-hydrogen) atoms. The van der Waals surface area contributed by atoms with Crippen LogP contribution in [0.5, 0.6) is 0 Å². The Morgan fingerprint density at radius 1 is 1.43 bits per heavy atom. The Morgan fingerprint density at radius 2 is 2.43 bits per heavy atom. The van der Waals surface area contributed by atoms with E-state index in [1.54, 1.807) is 6.20 Å². The van der Waals surface area contributed by atoms with Gasteiger partial charge in [0.25, 0.3) is 0 Å². The standard InChI is InChI=1S/C8H10N6/c1-2-5-7(9-3-1)12-8(11-5)6-4-10-14-13-6/h1-3,6,10,13-14H,4H2,(H,9,11,12). The molecule has 1 fully saturated rings. The van der Waals surface area contributed by atoms with Crippen LogP contribution in [0.15, 0.2) is 18.3 Å². The monoisotopic (exact) mass is 190 g/mol. The maximum absolute atomic E-state index is 4.39. The van der Waals surface area contributed by atoms with Crippen LogP contribution in [0.2, 0.25) is 0 Å². The van der Waals surface area contributed by atoms with Gasteiger partial charge in [-0.15, -0.1) is 0 Å². The van der Waals surface area contributed by atoms with Crippen LogP contribution in [0, 0.1) is 0 Å². The lowest BCUT2D eigenvalue weighted by molar-refractivity contribution is 0.544. The molecule has 1 aliphatic rings. The number of hydrogen-bond acceptors (Lipinski definition) is 5. The van der Waals surface area contributed by atoms with Crippen LogP contribution in [0.1, 0.15) is 11.9 Å². The Morgan fingerprint density at radius 3 is 3.21 bits per heavy atom. The normalized spacial score (nSPS) is 21.9. The van der Waals surface area contributed by atoms with Crippen molar-refractivity contribution in [1.29, 1.82) is 0 Å². The molecule has 1 aliphatic heterocycles. The third kappa shape index (κ3) is 1.17. The molecular weight excluding hydrogens is 180 g/mol. The molecule has 1 atom stereocenters. The molecule has 0 amide bonds. The Hall–Kier alpha value is -1.50. The minimum atomic E-state index is 0.171. The lowest BCUT2D eigenvalue weighted by Gasteiger charge is -2.01. The molecular formula is C8H10N6. The predicted molar refractivity (Wildman–Crippen MR) is 50.9 cm³/mol. The molecule has 72 valence electrons. The van der Waals surface area contributed by atoms with Gasteiger partial charge in [0.15, 0.2) is 5.65 Å². The number of hydrogen-bond donors (Lipinski definition) is 4. The van der Waals surface area contributed by atoms with Gasteiger partial charge in [-0.25, -0.2) is 20.8 Å². The van der Waals surface area contributed by atoms with Gasteiger partial charge >= 0.3 is 0 Å². The van der Waals surface area contributed by atoms with Crippen molar-refractivity contribution < 1.29 is 0 Å². The first kappa shape index (κ1) is 7.86. The lowest BCUT2D eigenvalue weighted by Crippen LogP contribution is -2.31. The summed E-state index contributed by atoms with van der Waals surface area (Å²) < 4.78 is 0. The molecule has 6 heteroatoms. The highest BCUT2D eigenvalue weighted by molar-refractivity contribution is 5.70. The molecule has 6 nitrogen and oxygen atoms in total. The fourth-order valence-electron chi connectivity index (χ4n) is 1.54. The summed E-state index contributed by atoms with van der Waals surface area (Å²) in [7, 11) is 0. The van der Waals surface area contributed by atoms with E-state index >= 15 is 0 Å². The topological polar surface area (TPSA) is 77.7 Å². The summed E-state index contributed by atoms with van der Waals surface area (Å²) in [5.74, 6) is 0.899. The summed E-state index contributed by atoms with van der Waals surface area (Å²) in [4.78, 5) is 11.8. The van der Waals surface area contributed by atoms with Gasteiger partial charge in [-0.1, -0.05) is 0 Å². The highest BCUT2D eigenvalue weighted by Gasteiger charge is 2.19. The van der Waals surface area contributed by atoms with Gasteiger partial charge in [-0.2, -0.15) is 5.53 Å². The minimum Gasteiger partial charge on any atom is -0.339 e. The summed E-state index contributed by atoms with van der Waals surface area (Å²) in [5.41, 5.74) is 10.6. The van der Waals surface area contributed by atoms with Crippen LogP contribution in [0.25, 0.3) is 11.2 Å². The van der Waals surface area contributed by atoms with Crippen molar-refractivity contribution in [1.82, 2.24) is 31.3 Å². The summed E-state index contributed by atoms with van der Waals surface area (Å²) >= 11 is 0. The van der Waals surface area contributed by atoms with E-state index < -0.39 is 0 Å². The summed E-state index contributed by atoms with van der Waals surface area (Å²) in [6.45, 7) is 0.805. The van der Waals surface area contributed by atoms with Crippen molar-refractivity contribution in [2.24, 2.45) is 0 Å². The van der Waals surface area contributed by atoms with Crippen molar-refractivity contribution in [2.75, 3.05) is 6.54 Å². The second kappa shape index (κ2) is 3.02. The van der Waals surface area contributed by atoms with Crippen LogP contribution < -0.4 is 16.4 Å². The second-order valence-corrected chi connectivity index (χ2v) is 3.20. The Bertz CT molecular complexity index is 411. The van der Waals surface area contributed by atoms with Gasteiger partial charge in [-0.05, 0) is 12.1 Å². The Labute approximate surface area is 80.1 Å². The SMILES string of the molecule is c1cnc2nc(C3CNNN3)[nH]c2c1. The average molecular weight is 190 g/mol. The number of H-pyrrole nitrogens is 1. The molecule has 2 aromatic heterocycles. The van der Waals surface area contributed by atoms with E-state index in [4.69, 9.17) is 0 Å². The zero-order valence-corrected chi connectivity index (χ0v) is 7.41. The Balaban J connectivity index is 2.05. The van der Waals surface area contributed by atoms with Gasteiger partial charge in [0.05, 0.1) is 11.6 Å². The van der Waals surface area contributed by atoms with Crippen molar-refractivity contribution in [3.05, 3.63) is 24.2 Å². The van der Waals surface area contributed by atoms with Crippen LogP contribution in [-0.2, 0) is 0 Å². The molecule has 0 saturated carbocycles. The molecule has 2 aromatic rings. The molecule has 1 saturated heterocycles. The largest absolute Gasteiger partial charge is 0.339 e. The molecule has 0 bridgehead atoms. The highest BCUT2D eigenvalue weighted by atomic mass is 15.6. The maximum atomic E-state index is 4.39. The zero-order valence-electron chi connectivity index (χ0n) is 7.41. The van der Waals surface area contributed by atoms with Gasteiger partial charge in [0.1, 0.15) is 5.82 Å². The summed E-state index contributed by atoms with van der Waals surface area (Å²) in [6.07, 6.45) is 1.74. The third-order valence-electron chi connectivity index (χ3n) is 2.25. The number of hydrazine groups is 2. The van der Waals surface area contributed by atoms with Crippen LogP contribution in [0.3, 0.4) is 0 Å². The summed E-state index contributed by atoms with van der Waals surface area (Å²) in [5, 5.41) is 0. The van der Waals surface area contributed by atoms with E-state index in [-0.39, 0.29) is 6.04 Å². The Kier molecular flexibility index (Phi) is 1.69. The van der Waals surface area contributed by atoms with Crippen LogP contribution >= 0.6 is 0 Å². The number of aromatic nitrogens is 3. The second-order valence-electron chi connectivity index (χ2n) is 3.20. The first-order chi connectivity index (χ1) is 6.93. The molecule has 1 unspecified atom stereocenters. The van der Waals surface area contributed by atoms with Crippen LogP contribution in [-0.4, -0.2) is 21.5 Å². The van der Waals surface area contributed by atoms with E-state index in [0.717, 1.165) is 23.5 Å². The molecule has 0 aromatic carbocycles. The molecule has 4 N–H and O–H groups in total. The third-order valence-corrected chi connectivity index (χ3v) is 2.25. The molecule has 3 heterocycles. The number of aromatic amines is 1. The van der Waals surface area contributed by atoms with E-state index in [1.807, 2.05) is 12.1 Å². The highest BCUT2D eigenvalue weighted by Crippen LogP contribution is 2.13. The zero-order chi connectivity index (χ0) is 9.38. The number of nitrogens with zero attached hydrogens (tertiary/aromatic N) is 2. The minimum absolute atomic E-state index is 0.171. The summed E-state index contributed by atoms with van der Waals surface area (Å²) in [6, 6.07) is 4.03. The quantitative estimate of drug-likeness (QED) is 0.492.